The molecule has 1 amide bonds. The number of carbonyl (C=O) groups is 1. The second-order valence-electron chi connectivity index (χ2n) is 13.0. The van der Waals surface area contributed by atoms with Crippen molar-refractivity contribution in [1.82, 2.24) is 25.1 Å². The van der Waals surface area contributed by atoms with Crippen molar-refractivity contribution in [3.05, 3.63) is 110 Å². The molecule has 6 aromatic rings. The molecule has 3 aliphatic rings. The number of amides is 1. The Labute approximate surface area is 292 Å². The number of hydrogen-bond donors (Lipinski definition) is 2. The van der Waals surface area contributed by atoms with E-state index in [9.17, 15) is 22.8 Å². The van der Waals surface area contributed by atoms with E-state index < -0.39 is 17.4 Å². The zero-order valence-corrected chi connectivity index (χ0v) is 28.0. The van der Waals surface area contributed by atoms with Crippen LogP contribution in [0.3, 0.4) is 0 Å². The predicted molar refractivity (Wildman–Crippen MR) is 183 cm³/mol. The van der Waals surface area contributed by atoms with Gasteiger partial charge in [0.05, 0.1) is 46.4 Å². The van der Waals surface area contributed by atoms with Crippen LogP contribution >= 0.6 is 11.3 Å². The molecule has 2 atom stereocenters. The van der Waals surface area contributed by atoms with Gasteiger partial charge in [-0.05, 0) is 85.4 Å². The summed E-state index contributed by atoms with van der Waals surface area (Å²) in [6, 6.07) is 10.8. The maximum absolute atomic E-state index is 14.6. The van der Waals surface area contributed by atoms with Gasteiger partial charge < -0.3 is 19.4 Å². The zero-order valence-electron chi connectivity index (χ0n) is 27.2. The number of aryl methyl sites for hydroxylation is 2. The van der Waals surface area contributed by atoms with Gasteiger partial charge >= 0.3 is 5.76 Å². The first-order valence-corrected chi connectivity index (χ1v) is 17.5. The summed E-state index contributed by atoms with van der Waals surface area (Å²) < 4.78 is 54.4. The molecule has 10 nitrogen and oxygen atoms in total. The lowest BCUT2D eigenvalue weighted by molar-refractivity contribution is 0.0776. The van der Waals surface area contributed by atoms with Crippen LogP contribution in [0.4, 0.5) is 19.0 Å². The van der Waals surface area contributed by atoms with Crippen molar-refractivity contribution >= 4 is 33.1 Å². The highest BCUT2D eigenvalue weighted by molar-refractivity contribution is 7.23. The molecule has 258 valence electrons. The van der Waals surface area contributed by atoms with Crippen LogP contribution in [0.15, 0.2) is 57.9 Å². The molecule has 0 bridgehead atoms. The molecule has 9 rings (SSSR count). The number of thiophene rings is 1. The van der Waals surface area contributed by atoms with Crippen molar-refractivity contribution in [2.75, 3.05) is 19.0 Å². The molecule has 6 heterocycles. The number of rotatable bonds is 8. The highest BCUT2D eigenvalue weighted by Crippen LogP contribution is 2.50. The Morgan fingerprint density at radius 1 is 1.06 bits per heavy atom. The molecule has 0 radical (unpaired) electrons. The van der Waals surface area contributed by atoms with E-state index in [0.29, 0.717) is 77.3 Å². The molecule has 1 saturated heterocycles. The van der Waals surface area contributed by atoms with Gasteiger partial charge in [-0.25, -0.2) is 23.7 Å². The van der Waals surface area contributed by atoms with Gasteiger partial charge in [0.25, 0.3) is 11.8 Å². The van der Waals surface area contributed by atoms with Crippen LogP contribution < -0.4 is 15.8 Å². The number of ether oxygens (including phenoxy) is 1. The summed E-state index contributed by atoms with van der Waals surface area (Å²) in [5.74, 6) is -2.71. The number of nitrogens with one attached hydrogen (secondary N) is 2. The lowest BCUT2D eigenvalue weighted by atomic mass is 9.93. The van der Waals surface area contributed by atoms with Crippen molar-refractivity contribution in [2.24, 2.45) is 0 Å². The Balaban J connectivity index is 1.20. The number of pyridine rings is 2. The Morgan fingerprint density at radius 3 is 2.69 bits per heavy atom. The summed E-state index contributed by atoms with van der Waals surface area (Å²) >= 11 is 1.41. The third kappa shape index (κ3) is 5.10. The van der Waals surface area contributed by atoms with Crippen LogP contribution in [-0.2, 0) is 19.3 Å². The highest BCUT2D eigenvalue weighted by Gasteiger charge is 2.45. The SMILES string of the molecule is COc1c(F)c(F)cc2c1CC[C@@H]2Nc1nccc2cc(-c3c4c(nc(CCc5ccc(F)cc5)c3-c3n[nH]c(=O)o3)C3CCCN3C4=O)sc12. The van der Waals surface area contributed by atoms with E-state index in [1.807, 2.05) is 17.0 Å². The van der Waals surface area contributed by atoms with Crippen molar-refractivity contribution in [2.45, 2.75) is 50.6 Å². The first kappa shape index (κ1) is 31.5. The molecule has 2 aliphatic heterocycles. The highest BCUT2D eigenvalue weighted by atomic mass is 32.1. The average Bonchev–Trinajstić information content (AvgIpc) is 3.97. The molecule has 2 N–H and O–H groups in total. The lowest BCUT2D eigenvalue weighted by Crippen LogP contribution is -2.22. The summed E-state index contributed by atoms with van der Waals surface area (Å²) in [6.07, 6.45) is 5.31. The first-order chi connectivity index (χ1) is 24.8. The average molecular weight is 711 g/mol. The summed E-state index contributed by atoms with van der Waals surface area (Å²) in [5.41, 5.74) is 4.88. The number of halogens is 3. The minimum atomic E-state index is -1.000. The Bertz CT molecular complexity index is 2440. The Hall–Kier alpha value is -5.50. The monoisotopic (exact) mass is 710 g/mol. The molecule has 1 aliphatic carbocycles. The van der Waals surface area contributed by atoms with Crippen LogP contribution in [0.1, 0.15) is 69.8 Å². The smallest absolute Gasteiger partial charge is 0.434 e. The maximum atomic E-state index is 14.6. The number of aromatic nitrogens is 4. The number of hydrogen-bond acceptors (Lipinski definition) is 9. The fourth-order valence-electron chi connectivity index (χ4n) is 7.85. The summed E-state index contributed by atoms with van der Waals surface area (Å²) in [6.45, 7) is 0.611. The van der Waals surface area contributed by atoms with E-state index in [4.69, 9.17) is 14.1 Å². The third-order valence-electron chi connectivity index (χ3n) is 10.1. The largest absolute Gasteiger partial charge is 0.493 e. The van der Waals surface area contributed by atoms with E-state index in [-0.39, 0.29) is 35.4 Å². The fraction of sp³-hybridized carbons (Fsp3) is 0.270. The summed E-state index contributed by atoms with van der Waals surface area (Å²) in [4.78, 5) is 38.8. The molecule has 51 heavy (non-hydrogen) atoms. The van der Waals surface area contributed by atoms with Gasteiger partial charge in [0.15, 0.2) is 11.6 Å². The normalized spacial score (nSPS) is 17.6. The Kier molecular flexibility index (Phi) is 7.45. The van der Waals surface area contributed by atoms with E-state index >= 15 is 0 Å². The van der Waals surface area contributed by atoms with Gasteiger partial charge in [0, 0.05) is 28.7 Å². The van der Waals surface area contributed by atoms with Crippen LogP contribution in [-0.4, -0.2) is 44.6 Å². The number of nitrogens with zero attached hydrogens (tertiary/aromatic N) is 4. The summed E-state index contributed by atoms with van der Waals surface area (Å²) in [5, 5.41) is 10.9. The second kappa shape index (κ2) is 12.1. The molecule has 0 saturated carbocycles. The van der Waals surface area contributed by atoms with Gasteiger partial charge in [-0.3, -0.25) is 9.78 Å². The van der Waals surface area contributed by atoms with Crippen LogP contribution in [0, 0.1) is 17.5 Å². The molecular weight excluding hydrogens is 682 g/mol. The number of benzene rings is 2. The fourth-order valence-corrected chi connectivity index (χ4v) is 9.01. The number of fused-ring (bicyclic) bond motifs is 5. The number of methoxy groups -OCH3 is 1. The van der Waals surface area contributed by atoms with Crippen molar-refractivity contribution in [1.29, 1.82) is 0 Å². The molecular formula is C37H29F3N6O4S. The second-order valence-corrected chi connectivity index (χ2v) is 14.0. The molecule has 1 fully saturated rings. The predicted octanol–water partition coefficient (Wildman–Crippen LogP) is 7.30. The van der Waals surface area contributed by atoms with Gasteiger partial charge in [0.1, 0.15) is 11.6 Å². The van der Waals surface area contributed by atoms with Gasteiger partial charge in [-0.1, -0.05) is 12.1 Å². The minimum absolute atomic E-state index is 0.0129. The van der Waals surface area contributed by atoms with Crippen molar-refractivity contribution in [3.63, 3.8) is 0 Å². The molecule has 4 aromatic heterocycles. The third-order valence-corrected chi connectivity index (χ3v) is 11.3. The van der Waals surface area contributed by atoms with Gasteiger partial charge in [-0.15, -0.1) is 16.4 Å². The van der Waals surface area contributed by atoms with Crippen LogP contribution in [0.2, 0.25) is 0 Å². The number of carbonyl (C=O) groups excluding carboxylic acids is 1. The van der Waals surface area contributed by atoms with E-state index in [1.165, 1.54) is 36.6 Å². The van der Waals surface area contributed by atoms with Crippen molar-refractivity contribution < 1.29 is 27.1 Å². The molecule has 14 heteroatoms. The first-order valence-electron chi connectivity index (χ1n) is 16.7. The topological polar surface area (TPSA) is 126 Å². The van der Waals surface area contributed by atoms with E-state index in [0.717, 1.165) is 33.4 Å². The number of aromatic amines is 1. The number of H-pyrrole nitrogens is 1. The van der Waals surface area contributed by atoms with Crippen LogP contribution in [0.25, 0.3) is 32.0 Å². The quantitative estimate of drug-likeness (QED) is 0.169. The number of anilines is 1. The van der Waals surface area contributed by atoms with Crippen LogP contribution in [0.5, 0.6) is 5.75 Å². The Morgan fingerprint density at radius 2 is 1.90 bits per heavy atom. The lowest BCUT2D eigenvalue weighted by Gasteiger charge is -2.17. The molecule has 1 unspecified atom stereocenters. The van der Waals surface area contributed by atoms with Gasteiger partial charge in [-0.2, -0.15) is 4.39 Å². The van der Waals surface area contributed by atoms with E-state index in [1.54, 1.807) is 18.3 Å². The van der Waals surface area contributed by atoms with Crippen molar-refractivity contribution in [3.8, 4) is 27.6 Å². The standard InChI is InChI=1S/C37H29F3N6O4S/c1-49-32-20-9-11-23(21(20)16-22(39)30(32)40)43-34-33-18(12-13-41-34)15-26(51-33)28-27(35-44-45-37(48)50-35)24(10-6-17-4-7-19(38)8-5-17)42-31-25-3-2-14-46(25)36(47)29(28)31/h4-5,7-8,12-13,15-16,23,25H,2-3,6,9-11,14H2,1H3,(H,41,43)(H,45,48)/t23-,25?/m0/s1. The van der Waals surface area contributed by atoms with Gasteiger partial charge in [0.2, 0.25) is 5.82 Å². The maximum Gasteiger partial charge on any atom is 0.434 e. The zero-order chi connectivity index (χ0) is 35.0. The minimum Gasteiger partial charge on any atom is -0.493 e. The molecule has 0 spiro atoms. The summed E-state index contributed by atoms with van der Waals surface area (Å²) in [7, 11) is 1.33. The molecule has 2 aromatic carbocycles. The van der Waals surface area contributed by atoms with E-state index in [2.05, 4.69) is 20.5 Å².